The fraction of sp³-hybridized carbons (Fsp3) is 0.440. The number of hydrogen-bond acceptors (Lipinski definition) is 5. The van der Waals surface area contributed by atoms with Crippen LogP contribution in [0.25, 0.3) is 10.8 Å². The summed E-state index contributed by atoms with van der Waals surface area (Å²) in [6.07, 6.45) is 7.67. The Morgan fingerprint density at radius 1 is 0.772 bits per heavy atom. The van der Waals surface area contributed by atoms with Gasteiger partial charge in [-0.25, -0.2) is 0 Å². The van der Waals surface area contributed by atoms with Gasteiger partial charge in [-0.2, -0.15) is 0 Å². The van der Waals surface area contributed by atoms with E-state index in [1.54, 1.807) is 0 Å². The Bertz CT molecular complexity index is 2190. The summed E-state index contributed by atoms with van der Waals surface area (Å²) in [6, 6.07) is 36.5. The van der Waals surface area contributed by atoms with Crippen LogP contribution in [0.15, 0.2) is 97.1 Å². The first-order valence-corrected chi connectivity index (χ1v) is 27.0. The number of fused-ring (bicyclic) bond motifs is 3. The molecule has 4 aliphatic rings. The molecule has 57 heavy (non-hydrogen) atoms. The van der Waals surface area contributed by atoms with Gasteiger partial charge in [0, 0.05) is 23.9 Å². The molecular weight excluding hydrogens is 928 g/mol. The zero-order valence-electron chi connectivity index (χ0n) is 34.5. The average Bonchev–Trinajstić information content (AvgIpc) is 4.11. The molecule has 5 aromatic carbocycles. The number of alkyl halides is 2. The van der Waals surface area contributed by atoms with E-state index >= 15 is 0 Å². The quantitative estimate of drug-likeness (QED) is 0.0554. The fourth-order valence-electron chi connectivity index (χ4n) is 10.8. The Morgan fingerprint density at radius 3 is 2.04 bits per heavy atom. The third-order valence-corrected chi connectivity index (χ3v) is 19.7. The molecule has 3 aliphatic carbocycles. The number of methoxy groups -OCH3 is 1. The van der Waals surface area contributed by atoms with Crippen LogP contribution in [0.3, 0.4) is 0 Å². The van der Waals surface area contributed by atoms with Crippen molar-refractivity contribution < 1.29 is 9.84 Å². The molecule has 302 valence electrons. The van der Waals surface area contributed by atoms with E-state index in [0.717, 1.165) is 35.5 Å². The van der Waals surface area contributed by atoms with Crippen molar-refractivity contribution in [3.63, 3.8) is 0 Å². The van der Waals surface area contributed by atoms with Crippen LogP contribution in [-0.2, 0) is 11.2 Å². The first-order valence-electron chi connectivity index (χ1n) is 21.4. The molecule has 7 atom stereocenters. The Hall–Kier alpha value is -3.02. The third kappa shape index (κ3) is 7.56. The number of ether oxygens (including phenoxy) is 1. The van der Waals surface area contributed by atoms with Gasteiger partial charge in [0.05, 0.1) is 6.10 Å². The summed E-state index contributed by atoms with van der Waals surface area (Å²) in [5.41, 5.74) is 8.16. The molecule has 1 aliphatic heterocycles. The van der Waals surface area contributed by atoms with E-state index in [9.17, 15) is 5.11 Å². The molecule has 1 heterocycles. The zero-order chi connectivity index (χ0) is 39.5. The fourth-order valence-corrected chi connectivity index (χ4v) is 16.5. The van der Waals surface area contributed by atoms with E-state index < -0.39 is 0 Å². The van der Waals surface area contributed by atoms with Crippen molar-refractivity contribution >= 4 is 81.6 Å². The number of nitrogens with one attached hydrogen (secondary N) is 2. The Labute approximate surface area is 361 Å². The van der Waals surface area contributed by atoms with E-state index in [1.807, 2.05) is 7.11 Å². The minimum atomic E-state index is -0.240. The molecule has 9 rings (SSSR count). The molecule has 3 fully saturated rings. The van der Waals surface area contributed by atoms with Gasteiger partial charge in [-0.1, -0.05) is 31.2 Å². The van der Waals surface area contributed by atoms with Crippen molar-refractivity contribution in [2.45, 2.75) is 90.8 Å². The molecule has 0 amide bonds. The number of unbranched alkanes of at least 4 members (excludes halogenated alkanes) is 2. The van der Waals surface area contributed by atoms with E-state index in [4.69, 9.17) is 4.74 Å². The van der Waals surface area contributed by atoms with Gasteiger partial charge >= 0.3 is 232 Å². The first kappa shape index (κ1) is 39.4. The second-order valence-electron chi connectivity index (χ2n) is 18.0. The van der Waals surface area contributed by atoms with Crippen molar-refractivity contribution in [3.05, 3.63) is 115 Å². The normalized spacial score (nSPS) is 26.4. The van der Waals surface area contributed by atoms with Gasteiger partial charge in [0.2, 0.25) is 0 Å². The molecular formula is C50H61I2N3O2. The maximum absolute atomic E-state index is 12.1. The van der Waals surface area contributed by atoms with E-state index in [1.165, 1.54) is 69.4 Å². The van der Waals surface area contributed by atoms with E-state index in [-0.39, 0.29) is 53.5 Å². The maximum atomic E-state index is 12.1. The van der Waals surface area contributed by atoms with Gasteiger partial charge in [0.1, 0.15) is 5.66 Å². The van der Waals surface area contributed by atoms with Crippen LogP contribution in [0, 0.1) is 36.2 Å². The van der Waals surface area contributed by atoms with E-state index in [2.05, 4.69) is 147 Å². The topological polar surface area (TPSA) is 56.8 Å². The Kier molecular flexibility index (Phi) is 11.0. The molecule has 0 bridgehead atoms. The molecule has 3 saturated carbocycles. The van der Waals surface area contributed by atoms with Crippen LogP contribution < -0.4 is 15.5 Å². The molecule has 0 aromatic heterocycles. The minimum absolute atomic E-state index is 0.0840. The van der Waals surface area contributed by atoms with Gasteiger partial charge in [0.15, 0.2) is 0 Å². The van der Waals surface area contributed by atoms with Gasteiger partial charge in [-0.15, -0.1) is 0 Å². The molecule has 5 aromatic rings. The predicted molar refractivity (Wildman–Crippen MR) is 260 cm³/mol. The monoisotopic (exact) mass is 989 g/mol. The van der Waals surface area contributed by atoms with Crippen LogP contribution in [0.5, 0.6) is 5.75 Å². The van der Waals surface area contributed by atoms with Gasteiger partial charge in [0.25, 0.3) is 0 Å². The number of rotatable bonds is 15. The van der Waals surface area contributed by atoms with Crippen molar-refractivity contribution in [2.24, 2.45) is 29.1 Å². The summed E-state index contributed by atoms with van der Waals surface area (Å²) in [5, 5.41) is 22.3. The molecule has 0 saturated heterocycles. The van der Waals surface area contributed by atoms with Gasteiger partial charge in [-0.3, -0.25) is 0 Å². The summed E-state index contributed by atoms with van der Waals surface area (Å²) < 4.78 is 11.9. The molecule has 0 radical (unpaired) electrons. The summed E-state index contributed by atoms with van der Waals surface area (Å²) in [6.45, 7) is 11.6. The Balaban J connectivity index is 1.03. The van der Waals surface area contributed by atoms with Crippen LogP contribution in [-0.4, -0.2) is 32.8 Å². The van der Waals surface area contributed by atoms with Crippen molar-refractivity contribution in [1.82, 2.24) is 0 Å². The SMILES string of the molecule is CCCC[IH]c1ccc(N(c2ccc([IH]CCCC)cc2)c2ccc(C3C4C5C(CC(C)(Cc6ccc7cccc8c7c6NC(C)(C)N8)C34)C5OC)c(O)c2)cc1. The number of nitrogens with zero attached hydrogens (tertiary/aromatic N) is 1. The zero-order valence-corrected chi connectivity index (χ0v) is 39.1. The van der Waals surface area contributed by atoms with Crippen molar-refractivity contribution in [3.8, 4) is 5.75 Å². The molecule has 7 unspecified atom stereocenters. The van der Waals surface area contributed by atoms with Crippen molar-refractivity contribution in [2.75, 3.05) is 31.5 Å². The van der Waals surface area contributed by atoms with Crippen LogP contribution >= 0.6 is 42.4 Å². The number of phenols is 1. The van der Waals surface area contributed by atoms with Gasteiger partial charge < -0.3 is 15.4 Å². The molecule has 5 nitrogen and oxygen atoms in total. The van der Waals surface area contributed by atoms with Crippen LogP contribution in [0.2, 0.25) is 0 Å². The van der Waals surface area contributed by atoms with E-state index in [0.29, 0.717) is 41.4 Å². The third-order valence-electron chi connectivity index (χ3n) is 13.4. The number of benzene rings is 5. The molecule has 0 spiro atoms. The summed E-state index contributed by atoms with van der Waals surface area (Å²) in [7, 11) is 1.90. The summed E-state index contributed by atoms with van der Waals surface area (Å²) >= 11 is -0.327. The molecule has 7 heteroatoms. The average molecular weight is 990 g/mol. The first-order chi connectivity index (χ1) is 27.6. The molecule has 3 N–H and O–H groups in total. The predicted octanol–water partition coefficient (Wildman–Crippen LogP) is 13.2. The number of hydrogen-bond donors (Lipinski definition) is 3. The number of phenolic OH excluding ortho intramolecular Hbond substituents is 1. The second kappa shape index (κ2) is 15.9. The second-order valence-corrected chi connectivity index (χ2v) is 24.6. The van der Waals surface area contributed by atoms with Crippen LogP contribution in [0.1, 0.15) is 83.8 Å². The van der Waals surface area contributed by atoms with Gasteiger partial charge in [-0.05, 0) is 49.6 Å². The summed E-state index contributed by atoms with van der Waals surface area (Å²) in [5.74, 6) is 2.94. The number of aromatic hydroxyl groups is 1. The summed E-state index contributed by atoms with van der Waals surface area (Å²) in [4.78, 5) is 2.35. The Morgan fingerprint density at radius 2 is 1.42 bits per heavy atom. The standard InChI is InChI=1S/C50H61I2N3O2/c1-7-9-26-51-33-16-20-35(21-17-33)55(36-22-18-34(19-23-36)52-27-10-8-2)37-24-25-38(41(56)28-37)43-45-44-39(48(44)57-6)30-50(5,46(43)45)29-32-15-14-31-12-11-13-40-42(31)47(32)54-49(3,4)53-40/h11-25,28,39,43-46,48,51-54,56H,7-10,26-27,29-30H2,1-6H3. The van der Waals surface area contributed by atoms with Crippen molar-refractivity contribution in [1.29, 1.82) is 0 Å². The number of halogens is 2. The van der Waals surface area contributed by atoms with Crippen LogP contribution in [0.4, 0.5) is 28.4 Å². The number of anilines is 5.